The fourth-order valence-electron chi connectivity index (χ4n) is 2.36. The van der Waals surface area contributed by atoms with Crippen molar-refractivity contribution in [3.8, 4) is 0 Å². The van der Waals surface area contributed by atoms with Gasteiger partial charge in [0.05, 0.1) is 16.4 Å². The lowest BCUT2D eigenvalue weighted by atomic mass is 10.2. The Hall–Kier alpha value is -2.97. The maximum absolute atomic E-state index is 13.5. The van der Waals surface area contributed by atoms with Crippen LogP contribution in [0.15, 0.2) is 65.1 Å². The molecule has 0 N–H and O–H groups in total. The Bertz CT molecular complexity index is 1120. The molecule has 0 atom stereocenters. The van der Waals surface area contributed by atoms with E-state index in [0.29, 0.717) is 15.3 Å². The Morgan fingerprint density at radius 2 is 1.85 bits per heavy atom. The SMILES string of the molecule is O=C(c1ccc(F)cc1)N(/N=C\c1cccs1)c1nc2ccc(F)cc2s1. The number of halogens is 2. The van der Waals surface area contributed by atoms with E-state index in [2.05, 4.69) is 10.1 Å². The van der Waals surface area contributed by atoms with Crippen LogP contribution in [0.25, 0.3) is 10.2 Å². The number of thiophene rings is 1. The number of fused-ring (bicyclic) bond motifs is 1. The number of hydrazone groups is 1. The second-order valence-corrected chi connectivity index (χ2v) is 7.48. The van der Waals surface area contributed by atoms with E-state index in [4.69, 9.17) is 0 Å². The van der Waals surface area contributed by atoms with Crippen molar-refractivity contribution >= 4 is 50.1 Å². The van der Waals surface area contributed by atoms with Gasteiger partial charge in [-0.15, -0.1) is 11.3 Å². The van der Waals surface area contributed by atoms with Gasteiger partial charge in [0.2, 0.25) is 5.13 Å². The molecule has 0 saturated carbocycles. The molecule has 27 heavy (non-hydrogen) atoms. The standard InChI is InChI=1S/C19H11F2N3OS2/c20-13-5-3-12(4-6-13)18(25)24(22-11-15-2-1-9-26-15)19-23-16-8-7-14(21)10-17(16)27-19/h1-11H/b22-11-. The van der Waals surface area contributed by atoms with E-state index < -0.39 is 11.7 Å². The summed E-state index contributed by atoms with van der Waals surface area (Å²) in [5, 5.41) is 7.63. The van der Waals surface area contributed by atoms with Crippen molar-refractivity contribution in [2.75, 3.05) is 5.01 Å². The van der Waals surface area contributed by atoms with Gasteiger partial charge in [0.15, 0.2) is 0 Å². The monoisotopic (exact) mass is 399 g/mol. The zero-order valence-electron chi connectivity index (χ0n) is 13.7. The molecule has 1 amide bonds. The molecule has 0 aliphatic rings. The molecule has 2 heterocycles. The van der Waals surface area contributed by atoms with Crippen LogP contribution in [-0.4, -0.2) is 17.1 Å². The molecule has 4 nitrogen and oxygen atoms in total. The van der Waals surface area contributed by atoms with Gasteiger partial charge in [0.25, 0.3) is 5.91 Å². The van der Waals surface area contributed by atoms with Gasteiger partial charge in [-0.1, -0.05) is 17.4 Å². The molecule has 0 aliphatic carbocycles. The highest BCUT2D eigenvalue weighted by molar-refractivity contribution is 7.22. The van der Waals surface area contributed by atoms with E-state index in [1.54, 1.807) is 12.3 Å². The van der Waals surface area contributed by atoms with Crippen LogP contribution in [0.4, 0.5) is 13.9 Å². The van der Waals surface area contributed by atoms with Crippen molar-refractivity contribution in [1.29, 1.82) is 0 Å². The normalized spacial score (nSPS) is 11.3. The van der Waals surface area contributed by atoms with Crippen molar-refractivity contribution in [3.63, 3.8) is 0 Å². The summed E-state index contributed by atoms with van der Waals surface area (Å²) in [5.74, 6) is -1.27. The average molecular weight is 399 g/mol. The van der Waals surface area contributed by atoms with E-state index in [1.807, 2.05) is 17.5 Å². The first-order chi connectivity index (χ1) is 13.1. The maximum Gasteiger partial charge on any atom is 0.280 e. The van der Waals surface area contributed by atoms with E-state index in [1.165, 1.54) is 47.7 Å². The number of carbonyl (C=O) groups excluding carboxylic acids is 1. The Morgan fingerprint density at radius 3 is 2.59 bits per heavy atom. The van der Waals surface area contributed by atoms with Crippen LogP contribution in [-0.2, 0) is 0 Å². The van der Waals surface area contributed by atoms with Gasteiger partial charge in [-0.2, -0.15) is 10.1 Å². The summed E-state index contributed by atoms with van der Waals surface area (Å²) in [5.41, 5.74) is 0.838. The van der Waals surface area contributed by atoms with E-state index >= 15 is 0 Å². The molecule has 0 spiro atoms. The van der Waals surface area contributed by atoms with E-state index in [-0.39, 0.29) is 11.4 Å². The minimum Gasteiger partial charge on any atom is -0.267 e. The molecule has 0 unspecified atom stereocenters. The minimum atomic E-state index is -0.456. The molecule has 4 rings (SSSR count). The summed E-state index contributed by atoms with van der Waals surface area (Å²) < 4.78 is 27.3. The lowest BCUT2D eigenvalue weighted by Crippen LogP contribution is -2.25. The number of hydrogen-bond donors (Lipinski definition) is 0. The van der Waals surface area contributed by atoms with Crippen LogP contribution in [0.2, 0.25) is 0 Å². The van der Waals surface area contributed by atoms with E-state index in [0.717, 1.165) is 21.2 Å². The number of rotatable bonds is 4. The first-order valence-electron chi connectivity index (χ1n) is 7.84. The van der Waals surface area contributed by atoms with Crippen molar-refractivity contribution in [2.45, 2.75) is 0 Å². The summed E-state index contributed by atoms with van der Waals surface area (Å²) in [7, 11) is 0. The van der Waals surface area contributed by atoms with Crippen LogP contribution in [0.1, 0.15) is 15.2 Å². The number of anilines is 1. The second-order valence-electron chi connectivity index (χ2n) is 5.49. The molecule has 8 heteroatoms. The third-order valence-corrected chi connectivity index (χ3v) is 5.45. The zero-order chi connectivity index (χ0) is 18.8. The van der Waals surface area contributed by atoms with Crippen LogP contribution in [0, 0.1) is 11.6 Å². The first kappa shape index (κ1) is 17.4. The molecule has 0 fully saturated rings. The lowest BCUT2D eigenvalue weighted by Gasteiger charge is -2.13. The van der Waals surface area contributed by atoms with Crippen molar-refractivity contribution in [2.24, 2.45) is 5.10 Å². The minimum absolute atomic E-state index is 0.269. The number of nitrogens with zero attached hydrogens (tertiary/aromatic N) is 3. The summed E-state index contributed by atoms with van der Waals surface area (Å²) >= 11 is 2.63. The van der Waals surface area contributed by atoms with Crippen LogP contribution in [0.5, 0.6) is 0 Å². The Balaban J connectivity index is 1.76. The predicted octanol–water partition coefficient (Wildman–Crippen LogP) is 5.32. The predicted molar refractivity (Wildman–Crippen MR) is 105 cm³/mol. The largest absolute Gasteiger partial charge is 0.280 e. The van der Waals surface area contributed by atoms with Gasteiger partial charge in [-0.05, 0) is 53.9 Å². The number of aromatic nitrogens is 1. The summed E-state index contributed by atoms with van der Waals surface area (Å²) in [6, 6.07) is 13.2. The molecule has 134 valence electrons. The lowest BCUT2D eigenvalue weighted by molar-refractivity contribution is 0.0988. The zero-order valence-corrected chi connectivity index (χ0v) is 15.3. The Labute approximate surface area is 161 Å². The smallest absolute Gasteiger partial charge is 0.267 e. The molecule has 0 saturated heterocycles. The van der Waals surface area contributed by atoms with Crippen LogP contribution >= 0.6 is 22.7 Å². The highest BCUT2D eigenvalue weighted by atomic mass is 32.1. The fraction of sp³-hybridized carbons (Fsp3) is 0. The molecule has 2 aromatic heterocycles. The molecular formula is C19H11F2N3OS2. The third kappa shape index (κ3) is 3.76. The van der Waals surface area contributed by atoms with Crippen molar-refractivity contribution in [1.82, 2.24) is 4.98 Å². The topological polar surface area (TPSA) is 45.6 Å². The molecule has 0 radical (unpaired) electrons. The molecule has 0 aliphatic heterocycles. The third-order valence-electron chi connectivity index (χ3n) is 3.65. The highest BCUT2D eigenvalue weighted by Crippen LogP contribution is 2.30. The van der Waals surface area contributed by atoms with Crippen molar-refractivity contribution in [3.05, 3.63) is 82.1 Å². The Morgan fingerprint density at radius 1 is 1.07 bits per heavy atom. The molecule has 2 aromatic carbocycles. The molecular weight excluding hydrogens is 388 g/mol. The summed E-state index contributed by atoms with van der Waals surface area (Å²) in [6.07, 6.45) is 1.55. The van der Waals surface area contributed by atoms with Gasteiger partial charge >= 0.3 is 0 Å². The fourth-order valence-corrected chi connectivity index (χ4v) is 3.89. The van der Waals surface area contributed by atoms with Gasteiger partial charge < -0.3 is 0 Å². The molecule has 4 aromatic rings. The number of hydrogen-bond acceptors (Lipinski definition) is 5. The second kappa shape index (κ2) is 7.34. The molecule has 0 bridgehead atoms. The first-order valence-corrected chi connectivity index (χ1v) is 9.53. The number of benzene rings is 2. The maximum atomic E-state index is 13.5. The van der Waals surface area contributed by atoms with Gasteiger partial charge in [-0.3, -0.25) is 4.79 Å². The van der Waals surface area contributed by atoms with Gasteiger partial charge in [-0.25, -0.2) is 13.8 Å². The Kier molecular flexibility index (Phi) is 4.74. The summed E-state index contributed by atoms with van der Waals surface area (Å²) in [4.78, 5) is 18.2. The number of amides is 1. The van der Waals surface area contributed by atoms with Crippen LogP contribution in [0.3, 0.4) is 0 Å². The summed E-state index contributed by atoms with van der Waals surface area (Å²) in [6.45, 7) is 0. The van der Waals surface area contributed by atoms with Crippen molar-refractivity contribution < 1.29 is 13.6 Å². The number of carbonyl (C=O) groups is 1. The quantitative estimate of drug-likeness (QED) is 0.345. The van der Waals surface area contributed by atoms with Gasteiger partial charge in [0, 0.05) is 10.4 Å². The number of thiazole rings is 1. The van der Waals surface area contributed by atoms with E-state index in [9.17, 15) is 13.6 Å². The van der Waals surface area contributed by atoms with Gasteiger partial charge in [0.1, 0.15) is 11.6 Å². The highest BCUT2D eigenvalue weighted by Gasteiger charge is 2.21. The van der Waals surface area contributed by atoms with Crippen LogP contribution < -0.4 is 5.01 Å². The average Bonchev–Trinajstić information content (AvgIpc) is 3.31.